The maximum Gasteiger partial charge on any atom is 0.419 e. The first kappa shape index (κ1) is 19.7. The SMILES string of the molecule is O=c1c2ccc(O)cc2c(-c2ccc(C(F)(F)F)c(F)c2)cn1Cc1ccccc1. The third kappa shape index (κ3) is 3.66. The standard InChI is InChI=1S/C23H15F4NO2/c24-21-10-15(6-9-20(21)23(25,26)27)19-13-28(12-14-4-2-1-3-5-14)22(30)17-8-7-16(29)11-18(17)19/h1-11,13,29H,12H2. The number of halogens is 4. The largest absolute Gasteiger partial charge is 0.508 e. The minimum absolute atomic E-state index is 0.114. The van der Waals surface area contributed by atoms with Gasteiger partial charge in [-0.1, -0.05) is 36.4 Å². The lowest BCUT2D eigenvalue weighted by Gasteiger charge is -2.14. The fourth-order valence-corrected chi connectivity index (χ4v) is 3.42. The van der Waals surface area contributed by atoms with E-state index in [1.807, 2.05) is 30.3 Å². The van der Waals surface area contributed by atoms with Crippen LogP contribution in [0.15, 0.2) is 77.7 Å². The Hall–Kier alpha value is -3.61. The van der Waals surface area contributed by atoms with Crippen LogP contribution in [0.4, 0.5) is 17.6 Å². The van der Waals surface area contributed by atoms with Gasteiger partial charge in [-0.05, 0) is 41.5 Å². The molecule has 30 heavy (non-hydrogen) atoms. The van der Waals surface area contributed by atoms with Crippen LogP contribution in [0, 0.1) is 5.82 Å². The van der Waals surface area contributed by atoms with Crippen molar-refractivity contribution < 1.29 is 22.7 Å². The van der Waals surface area contributed by atoms with Crippen LogP contribution in [-0.4, -0.2) is 9.67 Å². The molecule has 0 radical (unpaired) electrons. The first-order valence-corrected chi connectivity index (χ1v) is 9.01. The summed E-state index contributed by atoms with van der Waals surface area (Å²) >= 11 is 0. The van der Waals surface area contributed by atoms with Gasteiger partial charge in [-0.2, -0.15) is 13.2 Å². The molecule has 0 saturated heterocycles. The number of phenols is 1. The maximum atomic E-state index is 14.2. The van der Waals surface area contributed by atoms with Gasteiger partial charge >= 0.3 is 6.18 Å². The van der Waals surface area contributed by atoms with Gasteiger partial charge in [0.15, 0.2) is 0 Å². The van der Waals surface area contributed by atoms with Gasteiger partial charge in [0.25, 0.3) is 5.56 Å². The predicted octanol–water partition coefficient (Wildman–Crippen LogP) is 5.58. The summed E-state index contributed by atoms with van der Waals surface area (Å²) in [5.41, 5.74) is -0.342. The summed E-state index contributed by atoms with van der Waals surface area (Å²) in [4.78, 5) is 12.9. The summed E-state index contributed by atoms with van der Waals surface area (Å²) < 4.78 is 54.4. The Kier molecular flexibility index (Phi) is 4.81. The van der Waals surface area contributed by atoms with Crippen molar-refractivity contribution in [3.63, 3.8) is 0 Å². The van der Waals surface area contributed by atoms with E-state index in [1.54, 1.807) is 0 Å². The molecular weight excluding hydrogens is 398 g/mol. The highest BCUT2D eigenvalue weighted by molar-refractivity contribution is 5.96. The highest BCUT2D eigenvalue weighted by atomic mass is 19.4. The summed E-state index contributed by atoms with van der Waals surface area (Å²) in [5, 5.41) is 10.5. The van der Waals surface area contributed by atoms with Gasteiger partial charge < -0.3 is 9.67 Å². The summed E-state index contributed by atoms with van der Waals surface area (Å²) in [6, 6.07) is 15.9. The molecule has 7 heteroatoms. The topological polar surface area (TPSA) is 42.2 Å². The molecule has 1 aromatic heterocycles. The number of hydrogen-bond donors (Lipinski definition) is 1. The molecule has 4 rings (SSSR count). The highest BCUT2D eigenvalue weighted by Crippen LogP contribution is 2.35. The van der Waals surface area contributed by atoms with E-state index in [2.05, 4.69) is 0 Å². The molecular formula is C23H15F4NO2. The fourth-order valence-electron chi connectivity index (χ4n) is 3.42. The van der Waals surface area contributed by atoms with E-state index in [0.29, 0.717) is 17.0 Å². The van der Waals surface area contributed by atoms with Crippen LogP contribution in [-0.2, 0) is 12.7 Å². The molecule has 3 nitrogen and oxygen atoms in total. The highest BCUT2D eigenvalue weighted by Gasteiger charge is 2.34. The zero-order chi connectivity index (χ0) is 21.5. The molecule has 0 fully saturated rings. The molecule has 3 aromatic carbocycles. The van der Waals surface area contributed by atoms with E-state index in [0.717, 1.165) is 17.7 Å². The Morgan fingerprint density at radius 1 is 0.900 bits per heavy atom. The van der Waals surface area contributed by atoms with Crippen molar-refractivity contribution in [1.82, 2.24) is 4.57 Å². The average Bonchev–Trinajstić information content (AvgIpc) is 2.69. The molecule has 0 aliphatic heterocycles. The Morgan fingerprint density at radius 2 is 1.63 bits per heavy atom. The maximum absolute atomic E-state index is 14.2. The van der Waals surface area contributed by atoms with E-state index < -0.39 is 17.6 Å². The van der Waals surface area contributed by atoms with Crippen LogP contribution >= 0.6 is 0 Å². The Labute approximate surface area is 168 Å². The molecule has 0 unspecified atom stereocenters. The number of hydrogen-bond acceptors (Lipinski definition) is 2. The summed E-state index contributed by atoms with van der Waals surface area (Å²) in [5.74, 6) is -1.52. The molecule has 4 aromatic rings. The zero-order valence-electron chi connectivity index (χ0n) is 15.4. The summed E-state index contributed by atoms with van der Waals surface area (Å²) in [6.07, 6.45) is -3.34. The van der Waals surface area contributed by atoms with Crippen molar-refractivity contribution in [3.05, 3.63) is 100 Å². The van der Waals surface area contributed by atoms with Crippen molar-refractivity contribution in [3.8, 4) is 16.9 Å². The number of alkyl halides is 3. The Morgan fingerprint density at radius 3 is 2.30 bits per heavy atom. The number of pyridine rings is 1. The second kappa shape index (κ2) is 7.33. The molecule has 0 aliphatic rings. The van der Waals surface area contributed by atoms with E-state index in [-0.39, 0.29) is 28.8 Å². The van der Waals surface area contributed by atoms with Crippen molar-refractivity contribution >= 4 is 10.8 Å². The number of benzene rings is 3. The molecule has 0 spiro atoms. The lowest BCUT2D eigenvalue weighted by molar-refractivity contribution is -0.139. The van der Waals surface area contributed by atoms with Gasteiger partial charge in [0.2, 0.25) is 0 Å². The van der Waals surface area contributed by atoms with Gasteiger partial charge in [0.05, 0.1) is 12.1 Å². The second-order valence-electron chi connectivity index (χ2n) is 6.88. The number of rotatable bonds is 3. The van der Waals surface area contributed by atoms with Gasteiger partial charge in [0.1, 0.15) is 11.6 Å². The quantitative estimate of drug-likeness (QED) is 0.446. The third-order valence-electron chi connectivity index (χ3n) is 4.85. The molecule has 1 N–H and O–H groups in total. The summed E-state index contributed by atoms with van der Waals surface area (Å²) in [6.45, 7) is 0.229. The van der Waals surface area contributed by atoms with Crippen molar-refractivity contribution in [2.24, 2.45) is 0 Å². The smallest absolute Gasteiger partial charge is 0.419 e. The van der Waals surface area contributed by atoms with Crippen molar-refractivity contribution in [2.75, 3.05) is 0 Å². The van der Waals surface area contributed by atoms with E-state index in [4.69, 9.17) is 0 Å². The van der Waals surface area contributed by atoms with Gasteiger partial charge in [-0.25, -0.2) is 4.39 Å². The van der Waals surface area contributed by atoms with Crippen LogP contribution < -0.4 is 5.56 Å². The van der Waals surface area contributed by atoms with Gasteiger partial charge in [-0.15, -0.1) is 0 Å². The molecule has 1 heterocycles. The average molecular weight is 413 g/mol. The molecule has 0 atom stereocenters. The van der Waals surface area contributed by atoms with E-state index in [1.165, 1.54) is 29.0 Å². The van der Waals surface area contributed by atoms with Crippen LogP contribution in [0.5, 0.6) is 5.75 Å². The third-order valence-corrected chi connectivity index (χ3v) is 4.85. The lowest BCUT2D eigenvalue weighted by Crippen LogP contribution is -2.21. The Bertz CT molecular complexity index is 1290. The number of aromatic nitrogens is 1. The van der Waals surface area contributed by atoms with E-state index in [9.17, 15) is 27.5 Å². The van der Waals surface area contributed by atoms with E-state index >= 15 is 0 Å². The summed E-state index contributed by atoms with van der Waals surface area (Å²) in [7, 11) is 0. The second-order valence-corrected chi connectivity index (χ2v) is 6.88. The van der Waals surface area contributed by atoms with Crippen molar-refractivity contribution in [1.29, 1.82) is 0 Å². The van der Waals surface area contributed by atoms with Crippen LogP contribution in [0.3, 0.4) is 0 Å². The zero-order valence-corrected chi connectivity index (χ0v) is 15.4. The number of nitrogens with zero attached hydrogens (tertiary/aromatic N) is 1. The molecule has 152 valence electrons. The molecule has 0 bridgehead atoms. The van der Waals surface area contributed by atoms with Crippen LogP contribution in [0.1, 0.15) is 11.1 Å². The lowest BCUT2D eigenvalue weighted by atomic mass is 9.98. The molecule has 0 amide bonds. The molecule has 0 aliphatic carbocycles. The predicted molar refractivity (Wildman–Crippen MR) is 106 cm³/mol. The van der Waals surface area contributed by atoms with Gasteiger partial charge in [-0.3, -0.25) is 4.79 Å². The minimum atomic E-state index is -4.81. The minimum Gasteiger partial charge on any atom is -0.508 e. The number of phenolic OH excluding ortho intramolecular Hbond substituents is 1. The first-order valence-electron chi connectivity index (χ1n) is 9.01. The first-order chi connectivity index (χ1) is 14.2. The van der Waals surface area contributed by atoms with Crippen LogP contribution in [0.25, 0.3) is 21.9 Å². The molecule has 0 saturated carbocycles. The van der Waals surface area contributed by atoms with Crippen molar-refractivity contribution in [2.45, 2.75) is 12.7 Å². The Balaban J connectivity index is 1.94. The number of fused-ring (bicyclic) bond motifs is 1. The number of aromatic hydroxyl groups is 1. The fraction of sp³-hybridized carbons (Fsp3) is 0.0870. The van der Waals surface area contributed by atoms with Gasteiger partial charge in [0, 0.05) is 22.5 Å². The van der Waals surface area contributed by atoms with Crippen LogP contribution in [0.2, 0.25) is 0 Å². The monoisotopic (exact) mass is 413 g/mol. The normalized spacial score (nSPS) is 11.7.